The van der Waals surface area contributed by atoms with Crippen LogP contribution in [0.5, 0.6) is 0 Å². The summed E-state index contributed by atoms with van der Waals surface area (Å²) in [6.45, 7) is 0. The fourth-order valence-electron chi connectivity index (χ4n) is 0.692. The normalized spacial score (nSPS) is 12.9. The molecule has 0 bridgehead atoms. The summed E-state index contributed by atoms with van der Waals surface area (Å²) >= 11 is 0. The van der Waals surface area contributed by atoms with E-state index in [2.05, 4.69) is 0 Å². The van der Waals surface area contributed by atoms with Gasteiger partial charge in [-0.1, -0.05) is 12.1 Å². The molecule has 0 heterocycles. The first-order valence-electron chi connectivity index (χ1n) is 2.79. The van der Waals surface area contributed by atoms with E-state index in [4.69, 9.17) is 10.6 Å². The summed E-state index contributed by atoms with van der Waals surface area (Å²) in [5.41, 5.74) is 5.77. The van der Waals surface area contributed by atoms with Crippen molar-refractivity contribution in [3.05, 3.63) is 24.3 Å². The Balaban J connectivity index is 3.15. The highest BCUT2D eigenvalue weighted by molar-refractivity contribution is 7.47. The van der Waals surface area contributed by atoms with Gasteiger partial charge < -0.3 is 10.6 Å². The number of rotatable bonds is 1. The van der Waals surface area contributed by atoms with Crippen LogP contribution in [0.25, 0.3) is 0 Å². The smallest absolute Gasteiger partial charge is 0.220 e. The number of hydrogen-bond acceptors (Lipinski definition) is 2. The molecule has 10 heavy (non-hydrogen) atoms. The quantitative estimate of drug-likeness (QED) is 0.457. The molecule has 1 aromatic carbocycles. The number of nitrogens with two attached hydrogens (primary N) is 1. The van der Waals surface area contributed by atoms with Crippen LogP contribution in [0.4, 0.5) is 5.69 Å². The van der Waals surface area contributed by atoms with Crippen LogP contribution in [0.1, 0.15) is 0 Å². The highest BCUT2D eigenvalue weighted by Gasteiger charge is 2.00. The summed E-state index contributed by atoms with van der Waals surface area (Å²) in [4.78, 5) is 8.67. The SMILES string of the molecule is Nc1ccccc1[PH](=O)O. The van der Waals surface area contributed by atoms with Crippen LogP contribution in [-0.2, 0) is 4.57 Å². The van der Waals surface area contributed by atoms with Gasteiger partial charge in [-0.15, -0.1) is 0 Å². The third-order valence-electron chi connectivity index (χ3n) is 1.19. The third kappa shape index (κ3) is 1.38. The molecule has 0 aliphatic rings. The monoisotopic (exact) mass is 157 g/mol. The molecule has 0 radical (unpaired) electrons. The third-order valence-corrected chi connectivity index (χ3v) is 2.11. The Labute approximate surface area is 59.4 Å². The molecule has 0 aliphatic heterocycles. The minimum absolute atomic E-state index is 0.340. The highest BCUT2D eigenvalue weighted by atomic mass is 31.1. The molecule has 0 amide bonds. The second kappa shape index (κ2) is 2.86. The Bertz CT molecular complexity index is 262. The average Bonchev–Trinajstić information content (AvgIpc) is 1.88. The first kappa shape index (κ1) is 7.32. The summed E-state index contributed by atoms with van der Waals surface area (Å²) in [5, 5.41) is 0.340. The van der Waals surface area contributed by atoms with Gasteiger partial charge in [-0.25, -0.2) is 0 Å². The van der Waals surface area contributed by atoms with Crippen molar-refractivity contribution < 1.29 is 9.46 Å². The van der Waals surface area contributed by atoms with Crippen LogP contribution < -0.4 is 11.0 Å². The number of para-hydroxylation sites is 1. The predicted molar refractivity (Wildman–Crippen MR) is 41.7 cm³/mol. The van der Waals surface area contributed by atoms with Crippen molar-refractivity contribution in [1.82, 2.24) is 0 Å². The molecule has 3 nitrogen and oxygen atoms in total. The summed E-state index contributed by atoms with van der Waals surface area (Å²) in [5.74, 6) is 0. The fraction of sp³-hybridized carbons (Fsp3) is 0. The van der Waals surface area contributed by atoms with Gasteiger partial charge in [-0.05, 0) is 12.1 Å². The van der Waals surface area contributed by atoms with Gasteiger partial charge in [0.25, 0.3) is 0 Å². The summed E-state index contributed by atoms with van der Waals surface area (Å²) in [6, 6.07) is 6.57. The molecule has 0 aromatic heterocycles. The van der Waals surface area contributed by atoms with Gasteiger partial charge in [0, 0.05) is 5.69 Å². The second-order valence-corrected chi connectivity index (χ2v) is 3.04. The van der Waals surface area contributed by atoms with Gasteiger partial charge in [0.2, 0.25) is 8.03 Å². The van der Waals surface area contributed by atoms with E-state index in [0.29, 0.717) is 11.0 Å². The topological polar surface area (TPSA) is 63.3 Å². The van der Waals surface area contributed by atoms with E-state index in [-0.39, 0.29) is 0 Å². The van der Waals surface area contributed by atoms with E-state index < -0.39 is 8.03 Å². The van der Waals surface area contributed by atoms with Crippen molar-refractivity contribution in [2.75, 3.05) is 5.73 Å². The molecule has 1 aromatic rings. The lowest BCUT2D eigenvalue weighted by Gasteiger charge is -1.97. The molecule has 54 valence electrons. The molecule has 3 N–H and O–H groups in total. The minimum Gasteiger partial charge on any atom is -0.398 e. The van der Waals surface area contributed by atoms with E-state index in [1.54, 1.807) is 24.3 Å². The van der Waals surface area contributed by atoms with Crippen molar-refractivity contribution in [3.8, 4) is 0 Å². The molecule has 1 atom stereocenters. The van der Waals surface area contributed by atoms with Crippen LogP contribution >= 0.6 is 8.03 Å². The molecule has 0 spiro atoms. The van der Waals surface area contributed by atoms with E-state index in [1.807, 2.05) is 0 Å². The predicted octanol–water partition coefficient (Wildman–Crippen LogP) is 0.361. The number of hydrogen-bond donors (Lipinski definition) is 2. The Morgan fingerprint density at radius 1 is 1.40 bits per heavy atom. The van der Waals surface area contributed by atoms with E-state index in [1.165, 1.54) is 0 Å². The summed E-state index contributed by atoms with van der Waals surface area (Å²) in [6.07, 6.45) is 0. The van der Waals surface area contributed by atoms with Crippen LogP contribution in [0, 0.1) is 0 Å². The Kier molecular flexibility index (Phi) is 2.10. The van der Waals surface area contributed by atoms with Crippen molar-refractivity contribution in [2.24, 2.45) is 0 Å². The average molecular weight is 157 g/mol. The lowest BCUT2D eigenvalue weighted by molar-refractivity contribution is 0.513. The Morgan fingerprint density at radius 3 is 2.40 bits per heavy atom. The van der Waals surface area contributed by atoms with E-state index in [0.717, 1.165) is 0 Å². The maximum atomic E-state index is 10.5. The fourth-order valence-corrected chi connectivity index (χ4v) is 1.26. The Morgan fingerprint density at radius 2 is 2.00 bits per heavy atom. The zero-order valence-electron chi connectivity index (χ0n) is 5.24. The maximum Gasteiger partial charge on any atom is 0.220 e. The standard InChI is InChI=1S/C6H8NO2P/c7-5-3-1-2-4-6(5)10(8)9/h1-4,10H,7H2,(H,8,9). The molecule has 0 saturated heterocycles. The molecule has 4 heteroatoms. The second-order valence-electron chi connectivity index (χ2n) is 1.89. The summed E-state index contributed by atoms with van der Waals surface area (Å²) in [7, 11) is -2.62. The molecule has 1 rings (SSSR count). The van der Waals surface area contributed by atoms with Gasteiger partial charge >= 0.3 is 0 Å². The van der Waals surface area contributed by atoms with Gasteiger partial charge in [0.05, 0.1) is 5.30 Å². The van der Waals surface area contributed by atoms with Crippen LogP contribution in [-0.4, -0.2) is 4.89 Å². The largest absolute Gasteiger partial charge is 0.398 e. The van der Waals surface area contributed by atoms with Gasteiger partial charge in [0.1, 0.15) is 0 Å². The van der Waals surface area contributed by atoms with Crippen LogP contribution in [0.2, 0.25) is 0 Å². The highest BCUT2D eigenvalue weighted by Crippen LogP contribution is 2.16. The molecule has 1 unspecified atom stereocenters. The first-order valence-corrected chi connectivity index (χ1v) is 4.15. The zero-order chi connectivity index (χ0) is 7.56. The molecule has 0 fully saturated rings. The molecular weight excluding hydrogens is 149 g/mol. The van der Waals surface area contributed by atoms with E-state index in [9.17, 15) is 4.57 Å². The van der Waals surface area contributed by atoms with Crippen molar-refractivity contribution in [3.63, 3.8) is 0 Å². The van der Waals surface area contributed by atoms with Crippen molar-refractivity contribution in [2.45, 2.75) is 0 Å². The lowest BCUT2D eigenvalue weighted by Crippen LogP contribution is -2.03. The van der Waals surface area contributed by atoms with Crippen LogP contribution in [0.3, 0.4) is 0 Å². The zero-order valence-corrected chi connectivity index (χ0v) is 6.24. The van der Waals surface area contributed by atoms with Gasteiger partial charge in [-0.2, -0.15) is 0 Å². The maximum absolute atomic E-state index is 10.5. The number of nitrogen functional groups attached to an aromatic ring is 1. The van der Waals surface area contributed by atoms with Crippen LogP contribution in [0.15, 0.2) is 24.3 Å². The van der Waals surface area contributed by atoms with Gasteiger partial charge in [0.15, 0.2) is 0 Å². The van der Waals surface area contributed by atoms with E-state index >= 15 is 0 Å². The molecule has 0 saturated carbocycles. The minimum atomic E-state index is -2.62. The molecular formula is C6H8NO2P. The molecule has 0 aliphatic carbocycles. The van der Waals surface area contributed by atoms with Crippen molar-refractivity contribution in [1.29, 1.82) is 0 Å². The van der Waals surface area contributed by atoms with Gasteiger partial charge in [-0.3, -0.25) is 4.57 Å². The number of anilines is 1. The Hall–Kier alpha value is -0.790. The van der Waals surface area contributed by atoms with Crippen molar-refractivity contribution >= 4 is 19.0 Å². The lowest BCUT2D eigenvalue weighted by atomic mass is 10.3. The first-order chi connectivity index (χ1) is 4.72. The summed E-state index contributed by atoms with van der Waals surface area (Å²) < 4.78 is 10.5. The number of benzene rings is 1.